The molecule has 2 rings (SSSR count). The number of aromatic nitrogens is 1. The summed E-state index contributed by atoms with van der Waals surface area (Å²) in [6.45, 7) is 3.98. The highest BCUT2D eigenvalue weighted by Crippen LogP contribution is 2.25. The minimum Gasteiger partial charge on any atom is -0.462 e. The number of nitrogen functional groups attached to an aromatic ring is 1. The van der Waals surface area contributed by atoms with Gasteiger partial charge >= 0.3 is 5.97 Å². The van der Waals surface area contributed by atoms with Gasteiger partial charge in [-0.05, 0) is 26.0 Å². The van der Waals surface area contributed by atoms with Crippen LogP contribution in [0.5, 0.6) is 0 Å². The smallest absolute Gasteiger partial charge is 0.340 e. The predicted octanol–water partition coefficient (Wildman–Crippen LogP) is 2.01. The Morgan fingerprint density at radius 1 is 1.50 bits per heavy atom. The number of fused-ring (bicyclic) bond motifs is 1. The van der Waals surface area contributed by atoms with Crippen LogP contribution >= 0.6 is 0 Å². The average molecular weight is 218 g/mol. The first kappa shape index (κ1) is 10.5. The number of esters is 1. The lowest BCUT2D eigenvalue weighted by Crippen LogP contribution is -2.05. The largest absolute Gasteiger partial charge is 0.462 e. The van der Waals surface area contributed by atoms with Gasteiger partial charge < -0.3 is 14.9 Å². The number of rotatable bonds is 2. The highest BCUT2D eigenvalue weighted by molar-refractivity contribution is 6.01. The van der Waals surface area contributed by atoms with Gasteiger partial charge in [0.25, 0.3) is 0 Å². The monoisotopic (exact) mass is 218 g/mol. The topological polar surface area (TPSA) is 56.7 Å². The van der Waals surface area contributed by atoms with Crippen LogP contribution < -0.4 is 5.73 Å². The van der Waals surface area contributed by atoms with Gasteiger partial charge in [0.15, 0.2) is 0 Å². The molecule has 84 valence electrons. The minimum absolute atomic E-state index is 0.319. The van der Waals surface area contributed by atoms with Gasteiger partial charge in [-0.15, -0.1) is 0 Å². The van der Waals surface area contributed by atoms with Crippen molar-refractivity contribution in [2.45, 2.75) is 13.8 Å². The van der Waals surface area contributed by atoms with Crippen molar-refractivity contribution in [2.24, 2.45) is 0 Å². The van der Waals surface area contributed by atoms with Gasteiger partial charge in [-0.25, -0.2) is 4.79 Å². The molecule has 2 heterocycles. The summed E-state index contributed by atoms with van der Waals surface area (Å²) in [5, 5.41) is 0. The summed E-state index contributed by atoms with van der Waals surface area (Å²) in [7, 11) is 0. The molecule has 0 unspecified atom stereocenters. The lowest BCUT2D eigenvalue weighted by atomic mass is 10.2. The first-order valence-corrected chi connectivity index (χ1v) is 5.19. The number of nitrogens with two attached hydrogens (primary N) is 1. The molecule has 0 radical (unpaired) electrons. The Morgan fingerprint density at radius 2 is 2.25 bits per heavy atom. The van der Waals surface area contributed by atoms with Crippen molar-refractivity contribution < 1.29 is 9.53 Å². The van der Waals surface area contributed by atoms with Crippen LogP contribution in [-0.4, -0.2) is 17.0 Å². The molecular weight excluding hydrogens is 204 g/mol. The van der Waals surface area contributed by atoms with Crippen LogP contribution in [0, 0.1) is 6.92 Å². The van der Waals surface area contributed by atoms with E-state index in [0.717, 1.165) is 11.1 Å². The van der Waals surface area contributed by atoms with Gasteiger partial charge in [-0.2, -0.15) is 0 Å². The molecule has 0 saturated heterocycles. The van der Waals surface area contributed by atoms with Gasteiger partial charge in [0.1, 0.15) is 5.82 Å². The Labute approximate surface area is 93.6 Å². The van der Waals surface area contributed by atoms with Gasteiger partial charge in [0, 0.05) is 11.8 Å². The van der Waals surface area contributed by atoms with Crippen molar-refractivity contribution in [3.05, 3.63) is 35.5 Å². The maximum atomic E-state index is 11.8. The average Bonchev–Trinajstić information content (AvgIpc) is 2.53. The van der Waals surface area contributed by atoms with Gasteiger partial charge in [0.2, 0.25) is 0 Å². The van der Waals surface area contributed by atoms with Crippen LogP contribution in [0.25, 0.3) is 5.52 Å². The molecular formula is C12H14N2O2. The van der Waals surface area contributed by atoms with Crippen molar-refractivity contribution in [2.75, 3.05) is 12.3 Å². The SMILES string of the molecule is CCOC(=O)c1c(C)c(N)n2ccccc12. The number of hydrogen-bond donors (Lipinski definition) is 1. The summed E-state index contributed by atoms with van der Waals surface area (Å²) in [4.78, 5) is 11.8. The molecule has 0 fully saturated rings. The van der Waals surface area contributed by atoms with Gasteiger partial charge in [-0.1, -0.05) is 6.07 Å². The Kier molecular flexibility index (Phi) is 2.56. The van der Waals surface area contributed by atoms with Crippen molar-refractivity contribution in [1.82, 2.24) is 4.40 Å². The fourth-order valence-electron chi connectivity index (χ4n) is 1.82. The summed E-state index contributed by atoms with van der Waals surface area (Å²) in [5.41, 5.74) is 8.04. The fourth-order valence-corrected chi connectivity index (χ4v) is 1.82. The highest BCUT2D eigenvalue weighted by atomic mass is 16.5. The summed E-state index contributed by atoms with van der Waals surface area (Å²) >= 11 is 0. The highest BCUT2D eigenvalue weighted by Gasteiger charge is 2.19. The second-order valence-corrected chi connectivity index (χ2v) is 3.56. The third-order valence-electron chi connectivity index (χ3n) is 2.61. The van der Waals surface area contributed by atoms with E-state index in [2.05, 4.69) is 0 Å². The number of nitrogens with zero attached hydrogens (tertiary/aromatic N) is 1. The van der Waals surface area contributed by atoms with Crippen LogP contribution in [0.3, 0.4) is 0 Å². The van der Waals surface area contributed by atoms with E-state index in [1.165, 1.54) is 0 Å². The Bertz CT molecular complexity index is 543. The van der Waals surface area contributed by atoms with Gasteiger partial charge in [0.05, 0.1) is 17.7 Å². The van der Waals surface area contributed by atoms with Crippen LogP contribution in [0.2, 0.25) is 0 Å². The first-order chi connectivity index (χ1) is 7.66. The van der Waals surface area contributed by atoms with Crippen molar-refractivity contribution >= 4 is 17.3 Å². The molecule has 0 aliphatic heterocycles. The molecule has 4 nitrogen and oxygen atoms in total. The molecule has 0 atom stereocenters. The quantitative estimate of drug-likeness (QED) is 0.784. The Balaban J connectivity index is 2.68. The molecule has 0 saturated carbocycles. The van der Waals surface area contributed by atoms with Crippen molar-refractivity contribution in [1.29, 1.82) is 0 Å². The Morgan fingerprint density at radius 3 is 2.94 bits per heavy atom. The maximum Gasteiger partial charge on any atom is 0.340 e. The van der Waals surface area contributed by atoms with Crippen LogP contribution in [0.4, 0.5) is 5.82 Å². The Hall–Kier alpha value is -1.97. The zero-order valence-corrected chi connectivity index (χ0v) is 9.36. The summed E-state index contributed by atoms with van der Waals surface area (Å²) in [6.07, 6.45) is 1.83. The van der Waals surface area contributed by atoms with Crippen LogP contribution in [-0.2, 0) is 4.74 Å². The van der Waals surface area contributed by atoms with Crippen LogP contribution in [0.1, 0.15) is 22.8 Å². The zero-order chi connectivity index (χ0) is 11.7. The predicted molar refractivity (Wildman–Crippen MR) is 62.5 cm³/mol. The normalized spacial score (nSPS) is 10.6. The molecule has 0 spiro atoms. The molecule has 16 heavy (non-hydrogen) atoms. The van der Waals surface area contributed by atoms with E-state index in [0.29, 0.717) is 18.0 Å². The second kappa shape index (κ2) is 3.89. The maximum absolute atomic E-state index is 11.8. The standard InChI is InChI=1S/C12H14N2O2/c1-3-16-12(15)10-8(2)11(13)14-7-5-4-6-9(10)14/h4-7H,3,13H2,1-2H3. The van der Waals surface area contributed by atoms with Crippen molar-refractivity contribution in [3.8, 4) is 0 Å². The third-order valence-corrected chi connectivity index (χ3v) is 2.61. The molecule has 2 aromatic rings. The van der Waals surface area contributed by atoms with Crippen molar-refractivity contribution in [3.63, 3.8) is 0 Å². The second-order valence-electron chi connectivity index (χ2n) is 3.56. The zero-order valence-electron chi connectivity index (χ0n) is 9.36. The van der Waals surface area contributed by atoms with Crippen LogP contribution in [0.15, 0.2) is 24.4 Å². The van der Waals surface area contributed by atoms with E-state index < -0.39 is 0 Å². The minimum atomic E-state index is -0.319. The number of hydrogen-bond acceptors (Lipinski definition) is 3. The molecule has 4 heteroatoms. The lowest BCUT2D eigenvalue weighted by molar-refractivity contribution is 0.0528. The van der Waals surface area contributed by atoms with E-state index in [4.69, 9.17) is 10.5 Å². The summed E-state index contributed by atoms with van der Waals surface area (Å²) in [5.74, 6) is 0.263. The van der Waals surface area contributed by atoms with E-state index >= 15 is 0 Å². The lowest BCUT2D eigenvalue weighted by Gasteiger charge is -2.01. The fraction of sp³-hybridized carbons (Fsp3) is 0.250. The summed E-state index contributed by atoms with van der Waals surface area (Å²) in [6, 6.07) is 5.60. The number of ether oxygens (including phenoxy) is 1. The number of anilines is 1. The summed E-state index contributed by atoms with van der Waals surface area (Å²) < 4.78 is 6.82. The van der Waals surface area contributed by atoms with E-state index in [1.54, 1.807) is 11.3 Å². The van der Waals surface area contributed by atoms with E-state index in [9.17, 15) is 4.79 Å². The van der Waals surface area contributed by atoms with E-state index in [-0.39, 0.29) is 5.97 Å². The third kappa shape index (κ3) is 1.43. The molecule has 0 aromatic carbocycles. The molecule has 2 aromatic heterocycles. The first-order valence-electron chi connectivity index (χ1n) is 5.19. The molecule has 0 aliphatic carbocycles. The van der Waals surface area contributed by atoms with Gasteiger partial charge in [-0.3, -0.25) is 0 Å². The molecule has 0 bridgehead atoms. The molecule has 0 aliphatic rings. The number of carbonyl (C=O) groups excluding carboxylic acids is 1. The molecule has 2 N–H and O–H groups in total. The number of carbonyl (C=O) groups is 1. The molecule has 0 amide bonds. The van der Waals surface area contributed by atoms with E-state index in [1.807, 2.05) is 31.3 Å². The number of pyridine rings is 1.